The van der Waals surface area contributed by atoms with Crippen molar-refractivity contribution >= 4 is 17.4 Å². The monoisotopic (exact) mass is 360 g/mol. The maximum absolute atomic E-state index is 13.3. The Hall–Kier alpha value is -3.41. The topological polar surface area (TPSA) is 58.6 Å². The van der Waals surface area contributed by atoms with Crippen molar-refractivity contribution in [2.45, 2.75) is 12.5 Å². The molecule has 0 spiro atoms. The molecule has 6 nitrogen and oxygen atoms in total. The standard InChI is InChI=1S/C21H20N4O2/c26-21(24-15-12-19(16-24)27-20-22-13-7-14-23-20)25(17-8-3-1-4-9-17)18-10-5-2-6-11-18/h1-11,13-14,19H,12,15-16H2/t19-/m0/s1. The van der Waals surface area contributed by atoms with Crippen LogP contribution in [-0.4, -0.2) is 40.1 Å². The van der Waals surface area contributed by atoms with Gasteiger partial charge in [0.2, 0.25) is 0 Å². The van der Waals surface area contributed by atoms with Gasteiger partial charge in [-0.05, 0) is 30.3 Å². The largest absolute Gasteiger partial charge is 0.458 e. The Balaban J connectivity index is 1.52. The Morgan fingerprint density at radius 3 is 2.11 bits per heavy atom. The fraction of sp³-hybridized carbons (Fsp3) is 0.190. The van der Waals surface area contributed by atoms with Gasteiger partial charge >= 0.3 is 12.0 Å². The Bertz CT molecular complexity index is 835. The lowest BCUT2D eigenvalue weighted by molar-refractivity contribution is 0.182. The van der Waals surface area contributed by atoms with Gasteiger partial charge in [-0.3, -0.25) is 4.90 Å². The van der Waals surface area contributed by atoms with Crippen LogP contribution in [0.25, 0.3) is 0 Å². The van der Waals surface area contributed by atoms with E-state index in [-0.39, 0.29) is 12.1 Å². The molecule has 1 atom stereocenters. The second kappa shape index (κ2) is 7.86. The SMILES string of the molecule is O=C(N1CC[C@H](Oc2ncccn2)C1)N(c1ccccc1)c1ccccc1. The number of urea groups is 1. The smallest absolute Gasteiger partial charge is 0.329 e. The summed E-state index contributed by atoms with van der Waals surface area (Å²) in [5.41, 5.74) is 1.67. The third kappa shape index (κ3) is 3.89. The zero-order chi connectivity index (χ0) is 18.5. The van der Waals surface area contributed by atoms with Gasteiger partial charge in [0.1, 0.15) is 6.10 Å². The van der Waals surface area contributed by atoms with Gasteiger partial charge in [-0.1, -0.05) is 36.4 Å². The molecular formula is C21H20N4O2. The molecule has 27 heavy (non-hydrogen) atoms. The second-order valence-electron chi connectivity index (χ2n) is 6.29. The number of carbonyl (C=O) groups is 1. The number of nitrogens with zero attached hydrogens (tertiary/aromatic N) is 4. The van der Waals surface area contributed by atoms with Gasteiger partial charge in [0.05, 0.1) is 17.9 Å². The molecule has 1 aromatic heterocycles. The van der Waals surface area contributed by atoms with E-state index in [1.54, 1.807) is 23.4 Å². The number of aromatic nitrogens is 2. The average molecular weight is 360 g/mol. The molecule has 136 valence electrons. The summed E-state index contributed by atoms with van der Waals surface area (Å²) in [4.78, 5) is 25.1. The highest BCUT2D eigenvalue weighted by Crippen LogP contribution is 2.28. The second-order valence-corrected chi connectivity index (χ2v) is 6.29. The molecule has 1 fully saturated rings. The number of hydrogen-bond acceptors (Lipinski definition) is 4. The fourth-order valence-corrected chi connectivity index (χ4v) is 3.16. The van der Waals surface area contributed by atoms with Crippen LogP contribution in [0.3, 0.4) is 0 Å². The molecule has 0 unspecified atom stereocenters. The summed E-state index contributed by atoms with van der Waals surface area (Å²) in [5.74, 6) is 0. The summed E-state index contributed by atoms with van der Waals surface area (Å²) in [6, 6.07) is 21.4. The average Bonchev–Trinajstić information content (AvgIpc) is 3.19. The Labute approximate surface area is 158 Å². The summed E-state index contributed by atoms with van der Waals surface area (Å²) in [5, 5.41) is 0. The Morgan fingerprint density at radius 1 is 0.926 bits per heavy atom. The molecule has 0 N–H and O–H groups in total. The maximum Gasteiger partial charge on any atom is 0.329 e. The van der Waals surface area contributed by atoms with E-state index in [1.807, 2.05) is 65.6 Å². The lowest BCUT2D eigenvalue weighted by Gasteiger charge is -2.28. The van der Waals surface area contributed by atoms with E-state index in [0.717, 1.165) is 17.8 Å². The molecule has 1 aliphatic rings. The van der Waals surface area contributed by atoms with Crippen LogP contribution >= 0.6 is 0 Å². The van der Waals surface area contributed by atoms with Gasteiger partial charge < -0.3 is 9.64 Å². The highest BCUT2D eigenvalue weighted by Gasteiger charge is 2.32. The van der Waals surface area contributed by atoms with E-state index in [0.29, 0.717) is 19.1 Å². The first-order chi connectivity index (χ1) is 13.3. The molecule has 2 amide bonds. The van der Waals surface area contributed by atoms with Crippen molar-refractivity contribution in [2.75, 3.05) is 18.0 Å². The number of rotatable bonds is 4. The molecule has 0 radical (unpaired) electrons. The van der Waals surface area contributed by atoms with Crippen molar-refractivity contribution in [3.63, 3.8) is 0 Å². The number of anilines is 2. The lowest BCUT2D eigenvalue weighted by atomic mass is 10.2. The molecular weight excluding hydrogens is 340 g/mol. The lowest BCUT2D eigenvalue weighted by Crippen LogP contribution is -2.40. The Morgan fingerprint density at radius 2 is 1.52 bits per heavy atom. The molecule has 1 saturated heterocycles. The minimum absolute atomic E-state index is 0.0625. The molecule has 2 aromatic carbocycles. The van der Waals surface area contributed by atoms with Crippen LogP contribution < -0.4 is 9.64 Å². The number of likely N-dealkylation sites (tertiary alicyclic amines) is 1. The van der Waals surface area contributed by atoms with Crippen LogP contribution in [0, 0.1) is 0 Å². The third-order valence-electron chi connectivity index (χ3n) is 4.45. The minimum atomic E-state index is -0.107. The zero-order valence-corrected chi connectivity index (χ0v) is 14.8. The highest BCUT2D eigenvalue weighted by atomic mass is 16.5. The van der Waals surface area contributed by atoms with E-state index < -0.39 is 0 Å². The molecule has 2 heterocycles. The van der Waals surface area contributed by atoms with Crippen molar-refractivity contribution in [1.29, 1.82) is 0 Å². The summed E-state index contributed by atoms with van der Waals surface area (Å²) in [6.07, 6.45) is 3.94. The van der Waals surface area contributed by atoms with Crippen LogP contribution in [0.2, 0.25) is 0 Å². The van der Waals surface area contributed by atoms with E-state index in [2.05, 4.69) is 9.97 Å². The Kier molecular flexibility index (Phi) is 4.96. The number of amides is 2. The van der Waals surface area contributed by atoms with Crippen molar-refractivity contribution in [3.8, 4) is 6.01 Å². The van der Waals surface area contributed by atoms with E-state index in [1.165, 1.54) is 0 Å². The molecule has 3 aromatic rings. The summed E-state index contributed by atoms with van der Waals surface area (Å²) in [7, 11) is 0. The number of ether oxygens (including phenoxy) is 1. The fourth-order valence-electron chi connectivity index (χ4n) is 3.16. The predicted molar refractivity (Wildman–Crippen MR) is 103 cm³/mol. The summed E-state index contributed by atoms with van der Waals surface area (Å²) < 4.78 is 5.81. The molecule has 4 rings (SSSR count). The molecule has 0 bridgehead atoms. The molecule has 0 aliphatic carbocycles. The summed E-state index contributed by atoms with van der Waals surface area (Å²) >= 11 is 0. The first-order valence-electron chi connectivity index (χ1n) is 8.94. The number of hydrogen-bond donors (Lipinski definition) is 0. The van der Waals surface area contributed by atoms with E-state index in [9.17, 15) is 4.79 Å². The van der Waals surface area contributed by atoms with Crippen molar-refractivity contribution in [2.24, 2.45) is 0 Å². The van der Waals surface area contributed by atoms with Gasteiger partial charge in [-0.15, -0.1) is 0 Å². The molecule has 1 aliphatic heterocycles. The number of benzene rings is 2. The van der Waals surface area contributed by atoms with Gasteiger partial charge in [0, 0.05) is 25.4 Å². The van der Waals surface area contributed by atoms with Crippen molar-refractivity contribution in [1.82, 2.24) is 14.9 Å². The normalized spacial score (nSPS) is 16.1. The number of carbonyl (C=O) groups excluding carboxylic acids is 1. The first-order valence-corrected chi connectivity index (χ1v) is 8.94. The van der Waals surface area contributed by atoms with Crippen LogP contribution in [0.15, 0.2) is 79.1 Å². The van der Waals surface area contributed by atoms with Crippen LogP contribution in [0.5, 0.6) is 6.01 Å². The maximum atomic E-state index is 13.3. The first kappa shape index (κ1) is 17.0. The number of para-hydroxylation sites is 2. The zero-order valence-electron chi connectivity index (χ0n) is 14.8. The predicted octanol–water partition coefficient (Wildman–Crippen LogP) is 3.89. The van der Waals surface area contributed by atoms with Gasteiger partial charge in [0.25, 0.3) is 0 Å². The third-order valence-corrected chi connectivity index (χ3v) is 4.45. The molecule has 0 saturated carbocycles. The van der Waals surface area contributed by atoms with Gasteiger partial charge in [-0.2, -0.15) is 0 Å². The molecule has 6 heteroatoms. The minimum Gasteiger partial charge on any atom is -0.458 e. The highest BCUT2D eigenvalue weighted by molar-refractivity contribution is 5.99. The van der Waals surface area contributed by atoms with Crippen LogP contribution in [0.4, 0.5) is 16.2 Å². The van der Waals surface area contributed by atoms with Crippen molar-refractivity contribution < 1.29 is 9.53 Å². The summed E-state index contributed by atoms with van der Waals surface area (Å²) in [6.45, 7) is 1.14. The van der Waals surface area contributed by atoms with E-state index in [4.69, 9.17) is 4.74 Å². The van der Waals surface area contributed by atoms with Crippen LogP contribution in [-0.2, 0) is 0 Å². The van der Waals surface area contributed by atoms with E-state index >= 15 is 0 Å². The van der Waals surface area contributed by atoms with Gasteiger partial charge in [-0.25, -0.2) is 14.8 Å². The van der Waals surface area contributed by atoms with Gasteiger partial charge in [0.15, 0.2) is 0 Å². The quantitative estimate of drug-likeness (QED) is 0.708. The van der Waals surface area contributed by atoms with Crippen LogP contribution in [0.1, 0.15) is 6.42 Å². The van der Waals surface area contributed by atoms with Crippen molar-refractivity contribution in [3.05, 3.63) is 79.1 Å².